The zero-order valence-electron chi connectivity index (χ0n) is 12.7. The van der Waals surface area contributed by atoms with Crippen LogP contribution in [0.1, 0.15) is 37.7 Å². The first-order valence-electron chi connectivity index (χ1n) is 7.72. The van der Waals surface area contributed by atoms with Crippen molar-refractivity contribution in [1.29, 1.82) is 0 Å². The lowest BCUT2D eigenvalue weighted by molar-refractivity contribution is -0.121. The summed E-state index contributed by atoms with van der Waals surface area (Å²) in [5.74, 6) is 0.818. The van der Waals surface area contributed by atoms with Gasteiger partial charge in [0.15, 0.2) is 5.82 Å². The largest absolute Gasteiger partial charge is 0.352 e. The summed E-state index contributed by atoms with van der Waals surface area (Å²) in [4.78, 5) is 16.2. The Hall–Kier alpha value is -2.21. The van der Waals surface area contributed by atoms with E-state index in [1.807, 2.05) is 24.4 Å². The molecule has 6 nitrogen and oxygen atoms in total. The minimum Gasteiger partial charge on any atom is -0.352 e. The number of amides is 1. The predicted octanol–water partition coefficient (Wildman–Crippen LogP) is 1.79. The van der Waals surface area contributed by atoms with Gasteiger partial charge in [0.2, 0.25) is 5.91 Å². The van der Waals surface area contributed by atoms with E-state index >= 15 is 0 Å². The fourth-order valence-corrected chi connectivity index (χ4v) is 2.23. The highest BCUT2D eigenvalue weighted by molar-refractivity contribution is 5.75. The minimum absolute atomic E-state index is 0.0722. The summed E-state index contributed by atoms with van der Waals surface area (Å²) in [6, 6.07) is 5.66. The van der Waals surface area contributed by atoms with Crippen LogP contribution in [0, 0.1) is 0 Å². The smallest absolute Gasteiger partial charge is 0.220 e. The molecule has 3 N–H and O–H groups in total. The van der Waals surface area contributed by atoms with Crippen molar-refractivity contribution in [2.45, 2.75) is 38.6 Å². The zero-order chi connectivity index (χ0) is 15.6. The molecular weight excluding hydrogens is 278 g/mol. The van der Waals surface area contributed by atoms with Gasteiger partial charge in [-0.1, -0.05) is 18.9 Å². The van der Waals surface area contributed by atoms with Crippen LogP contribution in [-0.4, -0.2) is 27.2 Å². The summed E-state index contributed by atoms with van der Waals surface area (Å²) in [6.45, 7) is 1.19. The third-order valence-electron chi connectivity index (χ3n) is 3.42. The van der Waals surface area contributed by atoms with Crippen LogP contribution in [0.15, 0.2) is 36.8 Å². The van der Waals surface area contributed by atoms with Gasteiger partial charge in [-0.2, -0.15) is 5.10 Å². The molecule has 2 rings (SSSR count). The molecule has 0 aliphatic heterocycles. The highest BCUT2D eigenvalue weighted by atomic mass is 16.1. The van der Waals surface area contributed by atoms with E-state index in [0.29, 0.717) is 13.0 Å². The number of nitrogens with one attached hydrogen (secondary N) is 1. The van der Waals surface area contributed by atoms with Crippen LogP contribution < -0.4 is 11.1 Å². The first-order valence-corrected chi connectivity index (χ1v) is 7.72. The van der Waals surface area contributed by atoms with E-state index in [1.165, 1.54) is 0 Å². The molecule has 1 amide bonds. The molecule has 6 heteroatoms. The van der Waals surface area contributed by atoms with E-state index < -0.39 is 0 Å². The van der Waals surface area contributed by atoms with Crippen molar-refractivity contribution < 1.29 is 4.79 Å². The Kier molecular flexibility index (Phi) is 6.57. The van der Waals surface area contributed by atoms with Crippen molar-refractivity contribution in [2.75, 3.05) is 6.54 Å². The number of rotatable bonds is 9. The summed E-state index contributed by atoms with van der Waals surface area (Å²) >= 11 is 0. The van der Waals surface area contributed by atoms with Crippen LogP contribution in [0.25, 0.3) is 5.82 Å². The predicted molar refractivity (Wildman–Crippen MR) is 85.3 cm³/mol. The normalized spacial score (nSPS) is 10.6. The fourth-order valence-electron chi connectivity index (χ4n) is 2.23. The molecule has 0 aliphatic carbocycles. The van der Waals surface area contributed by atoms with Gasteiger partial charge in [0.05, 0.1) is 0 Å². The second kappa shape index (κ2) is 8.94. The number of carbonyl (C=O) groups is 1. The zero-order valence-corrected chi connectivity index (χ0v) is 12.7. The Labute approximate surface area is 130 Å². The maximum atomic E-state index is 11.9. The van der Waals surface area contributed by atoms with Gasteiger partial charge in [-0.25, -0.2) is 9.67 Å². The molecule has 0 aromatic carbocycles. The lowest BCUT2D eigenvalue weighted by Gasteiger charge is -2.09. The molecule has 0 atom stereocenters. The highest BCUT2D eigenvalue weighted by Crippen LogP contribution is 2.10. The van der Waals surface area contributed by atoms with Crippen molar-refractivity contribution in [1.82, 2.24) is 20.1 Å². The number of pyridine rings is 1. The second-order valence-electron chi connectivity index (χ2n) is 5.17. The molecule has 22 heavy (non-hydrogen) atoms. The van der Waals surface area contributed by atoms with Crippen molar-refractivity contribution in [3.8, 4) is 5.82 Å². The average Bonchev–Trinajstić information content (AvgIpc) is 3.07. The molecule has 118 valence electrons. The van der Waals surface area contributed by atoms with Gasteiger partial charge < -0.3 is 11.1 Å². The Morgan fingerprint density at radius 1 is 1.18 bits per heavy atom. The lowest BCUT2D eigenvalue weighted by atomic mass is 10.1. The number of carbonyl (C=O) groups excluding carboxylic acids is 1. The van der Waals surface area contributed by atoms with Gasteiger partial charge in [0.1, 0.15) is 0 Å². The Bertz CT molecular complexity index is 568. The maximum absolute atomic E-state index is 11.9. The van der Waals surface area contributed by atoms with Gasteiger partial charge in [-0.3, -0.25) is 4.79 Å². The topological polar surface area (TPSA) is 85.8 Å². The number of unbranched alkanes of at least 4 members (excludes halogenated alkanes) is 3. The first kappa shape index (κ1) is 16.2. The van der Waals surface area contributed by atoms with Crippen LogP contribution in [0.4, 0.5) is 0 Å². The molecule has 2 aromatic heterocycles. The quantitative estimate of drug-likeness (QED) is 0.691. The Balaban J connectivity index is 1.81. The molecule has 0 radical (unpaired) electrons. The van der Waals surface area contributed by atoms with Crippen LogP contribution in [0.3, 0.4) is 0 Å². The highest BCUT2D eigenvalue weighted by Gasteiger charge is 2.07. The number of hydrogen-bond donors (Lipinski definition) is 2. The SMILES string of the molecule is NCCCCCCC(=O)NCc1cccnc1-n1cccn1. The van der Waals surface area contributed by atoms with E-state index in [4.69, 9.17) is 5.73 Å². The number of hydrogen-bond acceptors (Lipinski definition) is 4. The van der Waals surface area contributed by atoms with E-state index in [2.05, 4.69) is 15.4 Å². The summed E-state index contributed by atoms with van der Waals surface area (Å²) in [7, 11) is 0. The maximum Gasteiger partial charge on any atom is 0.220 e. The summed E-state index contributed by atoms with van der Waals surface area (Å²) in [6.07, 6.45) is 9.91. The molecule has 2 aromatic rings. The monoisotopic (exact) mass is 301 g/mol. The molecular formula is C16H23N5O. The van der Waals surface area contributed by atoms with Crippen LogP contribution in [0.2, 0.25) is 0 Å². The molecule has 0 fully saturated rings. The van der Waals surface area contributed by atoms with Gasteiger partial charge in [-0.05, 0) is 31.5 Å². The van der Waals surface area contributed by atoms with E-state index in [9.17, 15) is 4.79 Å². The fraction of sp³-hybridized carbons (Fsp3) is 0.438. The third-order valence-corrected chi connectivity index (χ3v) is 3.42. The first-order chi connectivity index (χ1) is 10.8. The van der Waals surface area contributed by atoms with Crippen molar-refractivity contribution in [2.24, 2.45) is 5.73 Å². The van der Waals surface area contributed by atoms with Crippen LogP contribution in [0.5, 0.6) is 0 Å². The van der Waals surface area contributed by atoms with E-state index in [-0.39, 0.29) is 5.91 Å². The minimum atomic E-state index is 0.0722. The number of nitrogens with two attached hydrogens (primary N) is 1. The number of aromatic nitrogens is 3. The van der Waals surface area contributed by atoms with Crippen molar-refractivity contribution >= 4 is 5.91 Å². The molecule has 0 saturated heterocycles. The van der Waals surface area contributed by atoms with Crippen LogP contribution >= 0.6 is 0 Å². The molecule has 0 saturated carbocycles. The Morgan fingerprint density at radius 3 is 2.82 bits per heavy atom. The number of nitrogens with zero attached hydrogens (tertiary/aromatic N) is 3. The van der Waals surface area contributed by atoms with E-state index in [1.54, 1.807) is 17.1 Å². The van der Waals surface area contributed by atoms with Gasteiger partial charge in [0.25, 0.3) is 0 Å². The standard InChI is InChI=1S/C16H23N5O/c17-9-4-2-1-3-8-15(22)19-13-14-7-5-10-18-16(14)21-12-6-11-20-21/h5-7,10-12H,1-4,8-9,13,17H2,(H,19,22). The van der Waals surface area contributed by atoms with Gasteiger partial charge in [-0.15, -0.1) is 0 Å². The molecule has 2 heterocycles. The van der Waals surface area contributed by atoms with Crippen molar-refractivity contribution in [3.63, 3.8) is 0 Å². The van der Waals surface area contributed by atoms with Crippen molar-refractivity contribution in [3.05, 3.63) is 42.4 Å². The van der Waals surface area contributed by atoms with Gasteiger partial charge >= 0.3 is 0 Å². The third kappa shape index (κ3) is 4.96. The molecule has 0 bridgehead atoms. The molecule has 0 spiro atoms. The molecule has 0 aliphatic rings. The summed E-state index contributed by atoms with van der Waals surface area (Å²) < 4.78 is 1.70. The molecule has 0 unspecified atom stereocenters. The van der Waals surface area contributed by atoms with Crippen LogP contribution in [-0.2, 0) is 11.3 Å². The average molecular weight is 301 g/mol. The van der Waals surface area contributed by atoms with E-state index in [0.717, 1.165) is 43.6 Å². The summed E-state index contributed by atoms with van der Waals surface area (Å²) in [5, 5.41) is 7.13. The van der Waals surface area contributed by atoms with Gasteiger partial charge in [0, 0.05) is 37.1 Å². The lowest BCUT2D eigenvalue weighted by Crippen LogP contribution is -2.23. The Morgan fingerprint density at radius 2 is 2.05 bits per heavy atom. The summed E-state index contributed by atoms with van der Waals surface area (Å²) in [5.41, 5.74) is 6.39. The second-order valence-corrected chi connectivity index (χ2v) is 5.17.